The normalized spacial score (nSPS) is 16.7. The van der Waals surface area contributed by atoms with Crippen molar-refractivity contribution in [3.05, 3.63) is 45.9 Å². The summed E-state index contributed by atoms with van der Waals surface area (Å²) >= 11 is 0. The van der Waals surface area contributed by atoms with E-state index in [4.69, 9.17) is 4.74 Å². The minimum atomic E-state index is -0.212. The molecule has 3 N–H and O–H groups in total. The van der Waals surface area contributed by atoms with Crippen LogP contribution in [0.25, 0.3) is 0 Å². The Morgan fingerprint density at radius 1 is 0.971 bits per heavy atom. The van der Waals surface area contributed by atoms with Crippen LogP contribution in [-0.2, 0) is 20.7 Å². The molecule has 0 radical (unpaired) electrons. The number of hydrogen-bond donors (Lipinski definition) is 3. The number of hydrogen-bond acceptors (Lipinski definition) is 7. The van der Waals surface area contributed by atoms with Gasteiger partial charge in [-0.3, -0.25) is 24.3 Å². The van der Waals surface area contributed by atoms with Crippen molar-refractivity contribution in [2.45, 2.75) is 39.0 Å². The van der Waals surface area contributed by atoms with Crippen LogP contribution in [0.15, 0.2) is 29.1 Å². The van der Waals surface area contributed by atoms with Gasteiger partial charge in [0.15, 0.2) is 0 Å². The van der Waals surface area contributed by atoms with Crippen LogP contribution >= 0.6 is 0 Å². The molecule has 188 valence electrons. The summed E-state index contributed by atoms with van der Waals surface area (Å²) in [6.45, 7) is 6.73. The van der Waals surface area contributed by atoms with Gasteiger partial charge in [0.25, 0.3) is 5.56 Å². The van der Waals surface area contributed by atoms with Gasteiger partial charge in [-0.2, -0.15) is 0 Å². The maximum absolute atomic E-state index is 12.6. The molecule has 0 saturated carbocycles. The lowest BCUT2D eigenvalue weighted by Gasteiger charge is -2.27. The highest BCUT2D eigenvalue weighted by atomic mass is 16.5. The maximum atomic E-state index is 12.6. The Morgan fingerprint density at radius 2 is 1.60 bits per heavy atom. The molecule has 2 aliphatic heterocycles. The Kier molecular flexibility index (Phi) is 8.49. The summed E-state index contributed by atoms with van der Waals surface area (Å²) < 4.78 is 5.34. The van der Waals surface area contributed by atoms with Gasteiger partial charge in [0, 0.05) is 42.1 Å². The minimum Gasteiger partial charge on any atom is -0.378 e. The van der Waals surface area contributed by atoms with Crippen molar-refractivity contribution in [1.82, 2.24) is 14.9 Å². The summed E-state index contributed by atoms with van der Waals surface area (Å²) in [5.74, 6) is 0.326. The van der Waals surface area contributed by atoms with Crippen LogP contribution in [0.1, 0.15) is 36.9 Å². The van der Waals surface area contributed by atoms with Crippen molar-refractivity contribution in [3.63, 3.8) is 0 Å². The van der Waals surface area contributed by atoms with Gasteiger partial charge in [0.05, 0.1) is 19.8 Å². The zero-order valence-corrected chi connectivity index (χ0v) is 20.3. The average molecular weight is 483 g/mol. The second-order valence-corrected chi connectivity index (χ2v) is 9.06. The zero-order valence-electron chi connectivity index (χ0n) is 20.3. The molecule has 3 heterocycles. The van der Waals surface area contributed by atoms with Crippen molar-refractivity contribution in [2.24, 2.45) is 0 Å². The number of aromatic nitrogens is 2. The molecule has 2 saturated heterocycles. The Labute approximate surface area is 205 Å². The van der Waals surface area contributed by atoms with Crippen LogP contribution in [0, 0.1) is 6.92 Å². The van der Waals surface area contributed by atoms with E-state index < -0.39 is 0 Å². The quantitative estimate of drug-likeness (QED) is 0.526. The number of likely N-dealkylation sites (tertiary alicyclic amines) is 1. The van der Waals surface area contributed by atoms with Crippen LogP contribution in [0.5, 0.6) is 0 Å². The first-order chi connectivity index (χ1) is 17.0. The molecule has 35 heavy (non-hydrogen) atoms. The Balaban J connectivity index is 1.25. The summed E-state index contributed by atoms with van der Waals surface area (Å²) in [6.07, 6.45) is 3.99. The number of carbonyl (C=O) groups excluding carboxylic acids is 2. The molecule has 10 nitrogen and oxygen atoms in total. The van der Waals surface area contributed by atoms with Crippen molar-refractivity contribution in [1.29, 1.82) is 0 Å². The average Bonchev–Trinajstić information content (AvgIpc) is 2.86. The molecule has 4 rings (SSSR count). The standard InChI is InChI=1S/C25H34N6O4/c1-18-21(24(34)29-25(26-18)31-13-15-35-16-14-31)9-10-22(32)27-19-5-7-20(8-6-19)28-23(33)17-30-11-3-2-4-12-30/h5-8H,2-4,9-17H2,1H3,(H,27,32)(H,28,33)(H,26,29,34). The van der Waals surface area contributed by atoms with E-state index in [0.29, 0.717) is 67.8 Å². The van der Waals surface area contributed by atoms with Gasteiger partial charge in [0.2, 0.25) is 17.8 Å². The molecule has 2 amide bonds. The van der Waals surface area contributed by atoms with Gasteiger partial charge >= 0.3 is 0 Å². The molecule has 0 atom stereocenters. The highest BCUT2D eigenvalue weighted by molar-refractivity contribution is 5.93. The molecule has 2 fully saturated rings. The number of piperidine rings is 1. The smallest absolute Gasteiger partial charge is 0.255 e. The number of carbonyl (C=O) groups is 2. The molecule has 0 bridgehead atoms. The Morgan fingerprint density at radius 3 is 2.23 bits per heavy atom. The molecular formula is C25H34N6O4. The fourth-order valence-corrected chi connectivity index (χ4v) is 4.43. The molecule has 0 unspecified atom stereocenters. The molecule has 2 aliphatic rings. The van der Waals surface area contributed by atoms with E-state index in [2.05, 4.69) is 25.5 Å². The van der Waals surface area contributed by atoms with E-state index in [1.54, 1.807) is 31.2 Å². The first kappa shape index (κ1) is 24.9. The topological polar surface area (TPSA) is 120 Å². The summed E-state index contributed by atoms with van der Waals surface area (Å²) in [6, 6.07) is 7.05. The molecule has 2 aromatic rings. The molecule has 10 heteroatoms. The van der Waals surface area contributed by atoms with E-state index in [0.717, 1.165) is 25.9 Å². The van der Waals surface area contributed by atoms with Crippen LogP contribution < -0.4 is 21.1 Å². The highest BCUT2D eigenvalue weighted by Gasteiger charge is 2.17. The lowest BCUT2D eigenvalue weighted by atomic mass is 10.1. The van der Waals surface area contributed by atoms with Crippen molar-refractivity contribution < 1.29 is 14.3 Å². The second kappa shape index (κ2) is 11.9. The number of ether oxygens (including phenoxy) is 1. The number of rotatable bonds is 8. The Bertz CT molecular complexity index is 1070. The number of benzene rings is 1. The fraction of sp³-hybridized carbons (Fsp3) is 0.520. The van der Waals surface area contributed by atoms with Gasteiger partial charge in [-0.15, -0.1) is 0 Å². The summed E-state index contributed by atoms with van der Waals surface area (Å²) in [5.41, 5.74) is 2.27. The predicted molar refractivity (Wildman–Crippen MR) is 135 cm³/mol. The first-order valence-corrected chi connectivity index (χ1v) is 12.3. The fourth-order valence-electron chi connectivity index (χ4n) is 4.43. The number of nitrogens with one attached hydrogen (secondary N) is 3. The lowest BCUT2D eigenvalue weighted by Crippen LogP contribution is -2.38. The third-order valence-electron chi connectivity index (χ3n) is 6.39. The number of aryl methyl sites for hydroxylation is 1. The van der Waals surface area contributed by atoms with E-state index in [-0.39, 0.29) is 23.8 Å². The number of morpholine rings is 1. The number of H-pyrrole nitrogens is 1. The summed E-state index contributed by atoms with van der Waals surface area (Å²) in [5, 5.41) is 5.75. The lowest BCUT2D eigenvalue weighted by molar-refractivity contribution is -0.117. The van der Waals surface area contributed by atoms with Crippen molar-refractivity contribution in [3.8, 4) is 0 Å². The van der Waals surface area contributed by atoms with Gasteiger partial charge in [-0.25, -0.2) is 4.98 Å². The van der Waals surface area contributed by atoms with E-state index in [1.807, 2.05) is 4.90 Å². The number of amides is 2. The SMILES string of the molecule is Cc1nc(N2CCOCC2)[nH]c(=O)c1CCC(=O)Nc1ccc(NC(=O)CN2CCCCC2)cc1. The van der Waals surface area contributed by atoms with Gasteiger partial charge in [-0.1, -0.05) is 6.42 Å². The summed E-state index contributed by atoms with van der Waals surface area (Å²) in [4.78, 5) is 48.9. The number of anilines is 3. The minimum absolute atomic E-state index is 0.0301. The number of aromatic amines is 1. The van der Waals surface area contributed by atoms with Crippen molar-refractivity contribution >= 4 is 29.1 Å². The van der Waals surface area contributed by atoms with Crippen LogP contribution in [0.4, 0.5) is 17.3 Å². The van der Waals surface area contributed by atoms with Gasteiger partial charge in [-0.05, 0) is 63.5 Å². The van der Waals surface area contributed by atoms with Crippen LogP contribution in [0.3, 0.4) is 0 Å². The largest absolute Gasteiger partial charge is 0.378 e. The van der Waals surface area contributed by atoms with E-state index in [1.165, 1.54) is 6.42 Å². The Hall–Kier alpha value is -3.24. The zero-order chi connectivity index (χ0) is 24.6. The predicted octanol–water partition coefficient (Wildman–Crippen LogP) is 1.91. The van der Waals surface area contributed by atoms with Gasteiger partial charge < -0.3 is 20.3 Å². The third-order valence-corrected chi connectivity index (χ3v) is 6.39. The van der Waals surface area contributed by atoms with Gasteiger partial charge in [0.1, 0.15) is 0 Å². The van der Waals surface area contributed by atoms with E-state index >= 15 is 0 Å². The first-order valence-electron chi connectivity index (χ1n) is 12.3. The summed E-state index contributed by atoms with van der Waals surface area (Å²) in [7, 11) is 0. The molecular weight excluding hydrogens is 448 g/mol. The maximum Gasteiger partial charge on any atom is 0.255 e. The highest BCUT2D eigenvalue weighted by Crippen LogP contribution is 2.16. The van der Waals surface area contributed by atoms with Crippen LogP contribution in [-0.4, -0.2) is 72.6 Å². The van der Waals surface area contributed by atoms with Crippen LogP contribution in [0.2, 0.25) is 0 Å². The monoisotopic (exact) mass is 482 g/mol. The molecule has 0 aliphatic carbocycles. The van der Waals surface area contributed by atoms with E-state index in [9.17, 15) is 14.4 Å². The molecule has 1 aromatic heterocycles. The molecule has 1 aromatic carbocycles. The molecule has 0 spiro atoms. The second-order valence-electron chi connectivity index (χ2n) is 9.06. The number of nitrogens with zero attached hydrogens (tertiary/aromatic N) is 3. The van der Waals surface area contributed by atoms with Crippen molar-refractivity contribution in [2.75, 3.05) is 61.5 Å². The third kappa shape index (κ3) is 7.12.